The highest BCUT2D eigenvalue weighted by Gasteiger charge is 2.37. The number of carbonyl (C=O) groups is 1. The first kappa shape index (κ1) is 16.9. The Morgan fingerprint density at radius 1 is 1.25 bits per heavy atom. The largest absolute Gasteiger partial charge is 0.433 e. The van der Waals surface area contributed by atoms with Crippen molar-refractivity contribution in [3.8, 4) is 0 Å². The SMILES string of the molecule is O=C(NC1(c2cccs2)CCOCC1)c1ccc(C(F)(F)F)nc1. The lowest BCUT2D eigenvalue weighted by atomic mass is 9.88. The summed E-state index contributed by atoms with van der Waals surface area (Å²) in [6.45, 7) is 1.03. The van der Waals surface area contributed by atoms with Crippen LogP contribution in [-0.2, 0) is 16.5 Å². The van der Waals surface area contributed by atoms with Crippen molar-refractivity contribution in [1.29, 1.82) is 0 Å². The number of alkyl halides is 3. The summed E-state index contributed by atoms with van der Waals surface area (Å²) < 4.78 is 43.1. The maximum absolute atomic E-state index is 12.6. The second kappa shape index (κ2) is 6.52. The summed E-state index contributed by atoms with van der Waals surface area (Å²) in [5, 5.41) is 4.91. The number of thiophene rings is 1. The lowest BCUT2D eigenvalue weighted by molar-refractivity contribution is -0.141. The van der Waals surface area contributed by atoms with Crippen LogP contribution < -0.4 is 5.32 Å². The third kappa shape index (κ3) is 3.44. The van der Waals surface area contributed by atoms with Crippen molar-refractivity contribution in [2.75, 3.05) is 13.2 Å². The lowest BCUT2D eigenvalue weighted by Crippen LogP contribution is -2.49. The number of pyridine rings is 1. The number of aromatic nitrogens is 1. The number of nitrogens with zero attached hydrogens (tertiary/aromatic N) is 1. The summed E-state index contributed by atoms with van der Waals surface area (Å²) in [4.78, 5) is 16.9. The molecule has 1 N–H and O–H groups in total. The van der Waals surface area contributed by atoms with Crippen molar-refractivity contribution in [2.24, 2.45) is 0 Å². The molecule has 0 spiro atoms. The van der Waals surface area contributed by atoms with E-state index in [0.29, 0.717) is 26.1 Å². The van der Waals surface area contributed by atoms with E-state index < -0.39 is 23.3 Å². The Bertz CT molecular complexity index is 693. The van der Waals surface area contributed by atoms with E-state index in [1.54, 1.807) is 0 Å². The normalized spacial score (nSPS) is 17.5. The van der Waals surface area contributed by atoms with Crippen molar-refractivity contribution < 1.29 is 22.7 Å². The first-order valence-corrected chi connectivity index (χ1v) is 8.26. The van der Waals surface area contributed by atoms with Crippen LogP contribution >= 0.6 is 11.3 Å². The molecule has 0 aliphatic carbocycles. The second-order valence-electron chi connectivity index (χ2n) is 5.56. The molecule has 1 amide bonds. The highest BCUT2D eigenvalue weighted by Crippen LogP contribution is 2.35. The fraction of sp³-hybridized carbons (Fsp3) is 0.375. The maximum Gasteiger partial charge on any atom is 0.433 e. The Kier molecular flexibility index (Phi) is 4.60. The minimum atomic E-state index is -4.52. The molecule has 2 aromatic rings. The van der Waals surface area contributed by atoms with Gasteiger partial charge in [0.15, 0.2) is 0 Å². The molecule has 128 valence electrons. The van der Waals surface area contributed by atoms with Crippen LogP contribution in [0.25, 0.3) is 0 Å². The predicted octanol–water partition coefficient (Wildman–Crippen LogP) is 3.60. The summed E-state index contributed by atoms with van der Waals surface area (Å²) >= 11 is 1.54. The fourth-order valence-corrected chi connectivity index (χ4v) is 3.63. The van der Waals surface area contributed by atoms with Gasteiger partial charge in [0.25, 0.3) is 5.91 Å². The molecule has 3 heterocycles. The van der Waals surface area contributed by atoms with Gasteiger partial charge in [-0.15, -0.1) is 11.3 Å². The quantitative estimate of drug-likeness (QED) is 0.914. The van der Waals surface area contributed by atoms with Gasteiger partial charge < -0.3 is 10.1 Å². The van der Waals surface area contributed by atoms with Gasteiger partial charge in [0.2, 0.25) is 0 Å². The molecule has 0 bridgehead atoms. The molecule has 2 aromatic heterocycles. The molecule has 4 nitrogen and oxygen atoms in total. The molecule has 1 fully saturated rings. The molecule has 1 aliphatic heterocycles. The molecule has 3 rings (SSSR count). The molecule has 0 radical (unpaired) electrons. The number of ether oxygens (including phenoxy) is 1. The van der Waals surface area contributed by atoms with E-state index in [0.717, 1.165) is 23.2 Å². The lowest BCUT2D eigenvalue weighted by Gasteiger charge is -2.37. The van der Waals surface area contributed by atoms with Crippen LogP contribution in [-0.4, -0.2) is 24.1 Å². The van der Waals surface area contributed by atoms with Gasteiger partial charge in [-0.05, 0) is 36.4 Å². The third-order valence-electron chi connectivity index (χ3n) is 4.01. The standard InChI is InChI=1S/C16H15F3N2O2S/c17-16(18,19)12-4-3-11(10-20-12)14(22)21-15(5-7-23-8-6-15)13-2-1-9-24-13/h1-4,9-10H,5-8H2,(H,21,22). The van der Waals surface area contributed by atoms with Crippen LogP contribution in [0.15, 0.2) is 35.8 Å². The summed E-state index contributed by atoms with van der Waals surface area (Å²) in [6, 6.07) is 5.81. The van der Waals surface area contributed by atoms with Crippen molar-refractivity contribution >= 4 is 17.2 Å². The van der Waals surface area contributed by atoms with E-state index in [1.807, 2.05) is 17.5 Å². The number of hydrogen-bond donors (Lipinski definition) is 1. The van der Waals surface area contributed by atoms with Crippen LogP contribution in [0.1, 0.15) is 33.8 Å². The van der Waals surface area contributed by atoms with Gasteiger partial charge >= 0.3 is 6.18 Å². The maximum atomic E-state index is 12.6. The average molecular weight is 356 g/mol. The highest BCUT2D eigenvalue weighted by molar-refractivity contribution is 7.10. The Hall–Kier alpha value is -1.93. The Morgan fingerprint density at radius 3 is 2.54 bits per heavy atom. The topological polar surface area (TPSA) is 51.2 Å². The Balaban J connectivity index is 1.81. The van der Waals surface area contributed by atoms with Crippen LogP contribution in [0.4, 0.5) is 13.2 Å². The van der Waals surface area contributed by atoms with E-state index in [2.05, 4.69) is 10.3 Å². The second-order valence-corrected chi connectivity index (χ2v) is 6.50. The molecule has 0 unspecified atom stereocenters. The number of carbonyl (C=O) groups excluding carboxylic acids is 1. The Morgan fingerprint density at radius 2 is 2.00 bits per heavy atom. The Labute approximate surface area is 140 Å². The van der Waals surface area contributed by atoms with Crippen LogP contribution in [0.3, 0.4) is 0 Å². The van der Waals surface area contributed by atoms with Crippen LogP contribution in [0, 0.1) is 0 Å². The number of rotatable bonds is 3. The van der Waals surface area contributed by atoms with Crippen LogP contribution in [0.2, 0.25) is 0 Å². The summed E-state index contributed by atoms with van der Waals surface area (Å²) in [7, 11) is 0. The van der Waals surface area contributed by atoms with E-state index in [4.69, 9.17) is 4.74 Å². The smallest absolute Gasteiger partial charge is 0.381 e. The highest BCUT2D eigenvalue weighted by atomic mass is 32.1. The zero-order valence-corrected chi connectivity index (χ0v) is 13.4. The van der Waals surface area contributed by atoms with Gasteiger partial charge in [0, 0.05) is 24.3 Å². The molecule has 0 saturated carbocycles. The van der Waals surface area contributed by atoms with Crippen molar-refractivity contribution in [2.45, 2.75) is 24.6 Å². The van der Waals surface area contributed by atoms with E-state index in [9.17, 15) is 18.0 Å². The predicted molar refractivity (Wildman–Crippen MR) is 82.8 cm³/mol. The number of halogens is 3. The summed E-state index contributed by atoms with van der Waals surface area (Å²) in [6.07, 6.45) is -2.33. The molecule has 1 aliphatic rings. The molecule has 0 atom stereocenters. The van der Waals surface area contributed by atoms with Crippen molar-refractivity contribution in [3.63, 3.8) is 0 Å². The minimum absolute atomic E-state index is 0.102. The zero-order valence-electron chi connectivity index (χ0n) is 12.6. The third-order valence-corrected chi connectivity index (χ3v) is 5.08. The van der Waals surface area contributed by atoms with E-state index in [1.165, 1.54) is 11.3 Å². The van der Waals surface area contributed by atoms with Gasteiger partial charge in [-0.3, -0.25) is 9.78 Å². The number of amides is 1. The molecule has 8 heteroatoms. The van der Waals surface area contributed by atoms with Gasteiger partial charge in [-0.25, -0.2) is 0 Å². The van der Waals surface area contributed by atoms with E-state index in [-0.39, 0.29) is 5.56 Å². The van der Waals surface area contributed by atoms with Gasteiger partial charge in [-0.2, -0.15) is 13.2 Å². The minimum Gasteiger partial charge on any atom is -0.381 e. The van der Waals surface area contributed by atoms with Gasteiger partial charge in [0.05, 0.1) is 11.1 Å². The number of hydrogen-bond acceptors (Lipinski definition) is 4. The molecule has 0 aromatic carbocycles. The first-order valence-electron chi connectivity index (χ1n) is 7.38. The van der Waals surface area contributed by atoms with Gasteiger partial charge in [0.1, 0.15) is 5.69 Å². The first-order chi connectivity index (χ1) is 11.4. The van der Waals surface area contributed by atoms with Gasteiger partial charge in [-0.1, -0.05) is 6.07 Å². The summed E-state index contributed by atoms with van der Waals surface area (Å²) in [5.74, 6) is -0.438. The molecular formula is C16H15F3N2O2S. The summed E-state index contributed by atoms with van der Waals surface area (Å²) in [5.41, 5.74) is -1.46. The molecule has 1 saturated heterocycles. The fourth-order valence-electron chi connectivity index (χ4n) is 2.69. The van der Waals surface area contributed by atoms with Crippen molar-refractivity contribution in [3.05, 3.63) is 52.0 Å². The zero-order chi connectivity index (χ0) is 17.2. The molecular weight excluding hydrogens is 341 g/mol. The average Bonchev–Trinajstić information content (AvgIpc) is 3.10. The van der Waals surface area contributed by atoms with Crippen molar-refractivity contribution in [1.82, 2.24) is 10.3 Å². The van der Waals surface area contributed by atoms with E-state index >= 15 is 0 Å². The number of nitrogens with one attached hydrogen (secondary N) is 1. The molecule has 24 heavy (non-hydrogen) atoms. The van der Waals surface area contributed by atoms with Crippen LogP contribution in [0.5, 0.6) is 0 Å². The monoisotopic (exact) mass is 356 g/mol.